The fraction of sp³-hybridized carbons (Fsp3) is 0.800. The SMILES string of the molecule is C=C1CCC(OCCSC)CC1. The van der Waals surface area contributed by atoms with Gasteiger partial charge in [0.15, 0.2) is 0 Å². The van der Waals surface area contributed by atoms with Gasteiger partial charge in [-0.05, 0) is 31.9 Å². The Balaban J connectivity index is 2.05. The Hall–Kier alpha value is 0.0500. The zero-order valence-corrected chi connectivity index (χ0v) is 8.66. The highest BCUT2D eigenvalue weighted by molar-refractivity contribution is 7.98. The van der Waals surface area contributed by atoms with E-state index in [4.69, 9.17) is 4.74 Å². The molecule has 1 nitrogen and oxygen atoms in total. The predicted molar refractivity (Wildman–Crippen MR) is 55.7 cm³/mol. The minimum absolute atomic E-state index is 0.516. The molecule has 2 heteroatoms. The molecule has 0 saturated heterocycles. The van der Waals surface area contributed by atoms with Crippen LogP contribution in [-0.2, 0) is 4.74 Å². The summed E-state index contributed by atoms with van der Waals surface area (Å²) in [6.07, 6.45) is 7.35. The molecule has 0 unspecified atom stereocenters. The molecule has 0 aromatic heterocycles. The Bertz CT molecular complexity index is 135. The summed E-state index contributed by atoms with van der Waals surface area (Å²) in [6.45, 7) is 4.90. The van der Waals surface area contributed by atoms with Crippen molar-refractivity contribution in [3.63, 3.8) is 0 Å². The fourth-order valence-corrected chi connectivity index (χ4v) is 1.73. The van der Waals surface area contributed by atoms with E-state index in [1.807, 2.05) is 11.8 Å². The number of ether oxygens (including phenoxy) is 1. The van der Waals surface area contributed by atoms with Crippen molar-refractivity contribution in [1.29, 1.82) is 0 Å². The molecule has 0 N–H and O–H groups in total. The number of hydrogen-bond acceptors (Lipinski definition) is 2. The minimum Gasteiger partial charge on any atom is -0.377 e. The molecule has 0 heterocycles. The zero-order valence-electron chi connectivity index (χ0n) is 7.84. The molecule has 1 aliphatic rings. The first-order valence-electron chi connectivity index (χ1n) is 4.60. The molecule has 0 aliphatic heterocycles. The normalized spacial score (nSPS) is 19.9. The largest absolute Gasteiger partial charge is 0.377 e. The van der Waals surface area contributed by atoms with Crippen LogP contribution >= 0.6 is 11.8 Å². The third-order valence-corrected chi connectivity index (χ3v) is 2.86. The van der Waals surface area contributed by atoms with Crippen molar-refractivity contribution >= 4 is 11.8 Å². The van der Waals surface area contributed by atoms with Crippen LogP contribution in [0.15, 0.2) is 12.2 Å². The molecule has 0 aromatic rings. The van der Waals surface area contributed by atoms with Crippen molar-refractivity contribution in [3.05, 3.63) is 12.2 Å². The van der Waals surface area contributed by atoms with Crippen LogP contribution in [0.3, 0.4) is 0 Å². The lowest BCUT2D eigenvalue weighted by Crippen LogP contribution is -2.18. The van der Waals surface area contributed by atoms with Gasteiger partial charge in [-0.25, -0.2) is 0 Å². The minimum atomic E-state index is 0.516. The van der Waals surface area contributed by atoms with E-state index in [-0.39, 0.29) is 0 Å². The standard InChI is InChI=1S/C10H18OS/c1-9-3-5-10(6-4-9)11-7-8-12-2/h10H,1,3-8H2,2H3. The molecule has 1 fully saturated rings. The van der Waals surface area contributed by atoms with E-state index >= 15 is 0 Å². The maximum Gasteiger partial charge on any atom is 0.0581 e. The summed E-state index contributed by atoms with van der Waals surface area (Å²) >= 11 is 1.85. The lowest BCUT2D eigenvalue weighted by molar-refractivity contribution is 0.0461. The molecule has 0 aromatic carbocycles. The van der Waals surface area contributed by atoms with Crippen LogP contribution in [-0.4, -0.2) is 24.7 Å². The maximum absolute atomic E-state index is 5.71. The highest BCUT2D eigenvalue weighted by Crippen LogP contribution is 2.23. The second kappa shape index (κ2) is 5.65. The van der Waals surface area contributed by atoms with Gasteiger partial charge in [0.1, 0.15) is 0 Å². The van der Waals surface area contributed by atoms with Crippen molar-refractivity contribution in [2.45, 2.75) is 31.8 Å². The third kappa shape index (κ3) is 3.63. The number of allylic oxidation sites excluding steroid dienone is 1. The lowest BCUT2D eigenvalue weighted by Gasteiger charge is -2.23. The fourth-order valence-electron chi connectivity index (χ4n) is 1.46. The van der Waals surface area contributed by atoms with E-state index in [9.17, 15) is 0 Å². The molecule has 70 valence electrons. The van der Waals surface area contributed by atoms with Crippen LogP contribution < -0.4 is 0 Å². The third-order valence-electron chi connectivity index (χ3n) is 2.28. The molecule has 1 saturated carbocycles. The number of rotatable bonds is 4. The average molecular weight is 186 g/mol. The summed E-state index contributed by atoms with van der Waals surface area (Å²) in [4.78, 5) is 0. The highest BCUT2D eigenvalue weighted by atomic mass is 32.2. The Labute approximate surface area is 79.6 Å². The molecule has 1 rings (SSSR count). The maximum atomic E-state index is 5.71. The van der Waals surface area contributed by atoms with Crippen LogP contribution in [0.4, 0.5) is 0 Å². The average Bonchev–Trinajstić information content (AvgIpc) is 2.09. The van der Waals surface area contributed by atoms with Crippen molar-refractivity contribution in [2.75, 3.05) is 18.6 Å². The molecule has 0 radical (unpaired) electrons. The summed E-state index contributed by atoms with van der Waals surface area (Å²) in [5.74, 6) is 1.12. The summed E-state index contributed by atoms with van der Waals surface area (Å²) in [5.41, 5.74) is 1.40. The second-order valence-electron chi connectivity index (χ2n) is 3.31. The van der Waals surface area contributed by atoms with Crippen LogP contribution in [0.25, 0.3) is 0 Å². The Morgan fingerprint density at radius 2 is 2.17 bits per heavy atom. The predicted octanol–water partition coefficient (Wildman–Crippen LogP) is 2.86. The van der Waals surface area contributed by atoms with Crippen molar-refractivity contribution < 1.29 is 4.74 Å². The van der Waals surface area contributed by atoms with Crippen LogP contribution in [0.5, 0.6) is 0 Å². The van der Waals surface area contributed by atoms with Gasteiger partial charge in [-0.2, -0.15) is 11.8 Å². The van der Waals surface area contributed by atoms with Crippen molar-refractivity contribution in [2.24, 2.45) is 0 Å². The van der Waals surface area contributed by atoms with Gasteiger partial charge in [0.05, 0.1) is 12.7 Å². The summed E-state index contributed by atoms with van der Waals surface area (Å²) in [7, 11) is 0. The molecule has 0 amide bonds. The monoisotopic (exact) mass is 186 g/mol. The number of thioether (sulfide) groups is 1. The first kappa shape index (κ1) is 10.1. The molecular formula is C10H18OS. The first-order valence-corrected chi connectivity index (χ1v) is 5.99. The number of hydrogen-bond donors (Lipinski definition) is 0. The van der Waals surface area contributed by atoms with Gasteiger partial charge >= 0.3 is 0 Å². The van der Waals surface area contributed by atoms with Gasteiger partial charge < -0.3 is 4.74 Å². The van der Waals surface area contributed by atoms with E-state index in [2.05, 4.69) is 12.8 Å². The van der Waals surface area contributed by atoms with Gasteiger partial charge in [-0.3, -0.25) is 0 Å². The Morgan fingerprint density at radius 3 is 2.75 bits per heavy atom. The second-order valence-corrected chi connectivity index (χ2v) is 4.30. The first-order chi connectivity index (χ1) is 5.83. The Morgan fingerprint density at radius 1 is 1.50 bits per heavy atom. The van der Waals surface area contributed by atoms with Crippen molar-refractivity contribution in [1.82, 2.24) is 0 Å². The van der Waals surface area contributed by atoms with Gasteiger partial charge in [-0.15, -0.1) is 0 Å². The Kier molecular flexibility index (Phi) is 4.77. The molecule has 1 aliphatic carbocycles. The van der Waals surface area contributed by atoms with E-state index in [0.717, 1.165) is 12.4 Å². The van der Waals surface area contributed by atoms with Crippen molar-refractivity contribution in [3.8, 4) is 0 Å². The summed E-state index contributed by atoms with van der Waals surface area (Å²) in [6, 6.07) is 0. The quantitative estimate of drug-likeness (QED) is 0.493. The van der Waals surface area contributed by atoms with Gasteiger partial charge in [0.2, 0.25) is 0 Å². The van der Waals surface area contributed by atoms with E-state index in [1.54, 1.807) is 0 Å². The van der Waals surface area contributed by atoms with Crippen LogP contribution in [0, 0.1) is 0 Å². The van der Waals surface area contributed by atoms with Crippen LogP contribution in [0.1, 0.15) is 25.7 Å². The molecule has 0 bridgehead atoms. The van der Waals surface area contributed by atoms with Gasteiger partial charge in [0, 0.05) is 5.75 Å². The molecule has 0 atom stereocenters. The lowest BCUT2D eigenvalue weighted by atomic mass is 9.94. The molecule has 0 spiro atoms. The molecule has 12 heavy (non-hydrogen) atoms. The summed E-state index contributed by atoms with van der Waals surface area (Å²) in [5, 5.41) is 0. The van der Waals surface area contributed by atoms with Gasteiger partial charge in [-0.1, -0.05) is 12.2 Å². The van der Waals surface area contributed by atoms with E-state index in [1.165, 1.54) is 31.3 Å². The topological polar surface area (TPSA) is 9.23 Å². The zero-order chi connectivity index (χ0) is 8.81. The summed E-state index contributed by atoms with van der Waals surface area (Å²) < 4.78 is 5.71. The van der Waals surface area contributed by atoms with Gasteiger partial charge in [0.25, 0.3) is 0 Å². The van der Waals surface area contributed by atoms with Crippen LogP contribution in [0.2, 0.25) is 0 Å². The van der Waals surface area contributed by atoms with E-state index < -0.39 is 0 Å². The smallest absolute Gasteiger partial charge is 0.0581 e. The molecular weight excluding hydrogens is 168 g/mol. The highest BCUT2D eigenvalue weighted by Gasteiger charge is 2.15. The van der Waals surface area contributed by atoms with E-state index in [0.29, 0.717) is 6.10 Å².